The third-order valence-electron chi connectivity index (χ3n) is 2.15. The molecule has 0 unspecified atom stereocenters. The molecule has 0 saturated carbocycles. The fraction of sp³-hybridized carbons (Fsp3) is 0. The lowest BCUT2D eigenvalue weighted by atomic mass is 10.1. The highest BCUT2D eigenvalue weighted by atomic mass is 35.7. The quantitative estimate of drug-likeness (QED) is 0.796. The summed E-state index contributed by atoms with van der Waals surface area (Å²) in [5, 5.41) is 0.0136. The fourth-order valence-electron chi connectivity index (χ4n) is 1.37. The first-order valence-corrected chi connectivity index (χ1v) is 7.33. The van der Waals surface area contributed by atoms with Gasteiger partial charge in [-0.05, 0) is 6.07 Å². The normalized spacial score (nSPS) is 11.4. The van der Waals surface area contributed by atoms with E-state index in [1.54, 1.807) is 0 Å². The summed E-state index contributed by atoms with van der Waals surface area (Å²) >= 11 is 5.74. The highest BCUT2D eigenvalue weighted by Crippen LogP contribution is 2.28. The van der Waals surface area contributed by atoms with Gasteiger partial charge in [0.2, 0.25) is 0 Å². The van der Waals surface area contributed by atoms with E-state index < -0.39 is 9.05 Å². The Bertz CT molecular complexity index is 642. The van der Waals surface area contributed by atoms with Crippen molar-refractivity contribution in [3.63, 3.8) is 0 Å². The average molecular weight is 288 g/mol. The predicted molar refractivity (Wildman–Crippen MR) is 67.7 cm³/mol. The Morgan fingerprint density at radius 2 is 1.76 bits per heavy atom. The van der Waals surface area contributed by atoms with Gasteiger partial charge in [0.25, 0.3) is 9.05 Å². The number of benzene rings is 1. The van der Waals surface area contributed by atoms with Crippen LogP contribution in [0.2, 0.25) is 5.02 Å². The van der Waals surface area contributed by atoms with Crippen LogP contribution in [0.3, 0.4) is 0 Å². The first kappa shape index (κ1) is 12.4. The molecular formula is C11H7Cl2NO2S. The van der Waals surface area contributed by atoms with Gasteiger partial charge in [0.05, 0.1) is 10.7 Å². The summed E-state index contributed by atoms with van der Waals surface area (Å²) in [7, 11) is 1.42. The molecule has 2 rings (SSSR count). The maximum atomic E-state index is 11.3. The van der Waals surface area contributed by atoms with Crippen LogP contribution in [-0.4, -0.2) is 13.4 Å². The van der Waals surface area contributed by atoms with Gasteiger partial charge in [0, 0.05) is 22.4 Å². The van der Waals surface area contributed by atoms with E-state index in [-0.39, 0.29) is 9.92 Å². The van der Waals surface area contributed by atoms with Gasteiger partial charge < -0.3 is 0 Å². The van der Waals surface area contributed by atoms with Crippen molar-refractivity contribution in [2.45, 2.75) is 4.90 Å². The maximum absolute atomic E-state index is 11.3. The van der Waals surface area contributed by atoms with Crippen molar-refractivity contribution >= 4 is 31.3 Å². The second-order valence-corrected chi connectivity index (χ2v) is 6.25. The number of rotatable bonds is 2. The van der Waals surface area contributed by atoms with Gasteiger partial charge in [0.1, 0.15) is 4.90 Å². The lowest BCUT2D eigenvalue weighted by molar-refractivity contribution is 0.609. The molecular weight excluding hydrogens is 281 g/mol. The summed E-state index contributed by atoms with van der Waals surface area (Å²) in [6.07, 6.45) is 1.28. The van der Waals surface area contributed by atoms with Crippen LogP contribution < -0.4 is 0 Å². The molecule has 0 bridgehead atoms. The number of aromatic nitrogens is 1. The first-order valence-electron chi connectivity index (χ1n) is 4.64. The summed E-state index contributed by atoms with van der Waals surface area (Å²) in [6.45, 7) is 0. The Labute approximate surface area is 108 Å². The van der Waals surface area contributed by atoms with Crippen LogP contribution in [0.25, 0.3) is 11.3 Å². The molecule has 1 heterocycles. The molecule has 0 fully saturated rings. The summed E-state index contributed by atoms with van der Waals surface area (Å²) in [5.41, 5.74) is 1.31. The monoisotopic (exact) mass is 287 g/mol. The minimum Gasteiger partial charge on any atom is -0.255 e. The average Bonchev–Trinajstić information content (AvgIpc) is 2.29. The van der Waals surface area contributed by atoms with Gasteiger partial charge in [-0.2, -0.15) is 0 Å². The third-order valence-corrected chi connectivity index (χ3v) is 3.93. The number of nitrogens with zero attached hydrogens (tertiary/aromatic N) is 1. The van der Waals surface area contributed by atoms with Crippen molar-refractivity contribution in [3.05, 3.63) is 47.6 Å². The lowest BCUT2D eigenvalue weighted by Crippen LogP contribution is -1.94. The smallest absolute Gasteiger partial charge is 0.255 e. The Hall–Kier alpha value is -1.10. The largest absolute Gasteiger partial charge is 0.262 e. The zero-order valence-corrected chi connectivity index (χ0v) is 10.8. The molecule has 0 atom stereocenters. The van der Waals surface area contributed by atoms with Crippen molar-refractivity contribution in [1.29, 1.82) is 0 Å². The standard InChI is InChI=1S/C11H7Cl2NO2S/c12-9-7-14-10(6-11(9)17(13,15)16)8-4-2-1-3-5-8/h1-7H. The van der Waals surface area contributed by atoms with Crippen LogP contribution in [-0.2, 0) is 9.05 Å². The van der Waals surface area contributed by atoms with Gasteiger partial charge in [-0.3, -0.25) is 4.98 Å². The Kier molecular flexibility index (Phi) is 3.38. The van der Waals surface area contributed by atoms with Gasteiger partial charge in [0.15, 0.2) is 0 Å². The molecule has 0 amide bonds. The molecule has 0 saturated heterocycles. The second-order valence-electron chi connectivity index (χ2n) is 3.30. The molecule has 88 valence electrons. The zero-order chi connectivity index (χ0) is 12.5. The second kappa shape index (κ2) is 4.64. The van der Waals surface area contributed by atoms with Crippen molar-refractivity contribution in [2.75, 3.05) is 0 Å². The topological polar surface area (TPSA) is 47.0 Å². The number of pyridine rings is 1. The van der Waals surface area contributed by atoms with Crippen LogP contribution in [0.15, 0.2) is 47.5 Å². The van der Waals surface area contributed by atoms with Gasteiger partial charge in [-0.25, -0.2) is 8.42 Å². The van der Waals surface area contributed by atoms with E-state index in [1.807, 2.05) is 30.3 Å². The molecule has 0 spiro atoms. The summed E-state index contributed by atoms with van der Waals surface area (Å²) in [6, 6.07) is 10.5. The number of hydrogen-bond donors (Lipinski definition) is 0. The van der Waals surface area contributed by atoms with Crippen LogP contribution >= 0.6 is 22.3 Å². The Morgan fingerprint density at radius 1 is 1.12 bits per heavy atom. The van der Waals surface area contributed by atoms with Crippen molar-refractivity contribution in [1.82, 2.24) is 4.98 Å². The van der Waals surface area contributed by atoms with E-state index in [0.717, 1.165) is 5.56 Å². The summed E-state index contributed by atoms with van der Waals surface area (Å²) < 4.78 is 22.6. The molecule has 2 aromatic rings. The van der Waals surface area contributed by atoms with Gasteiger partial charge in [-0.15, -0.1) is 0 Å². The molecule has 0 aliphatic heterocycles. The Morgan fingerprint density at radius 3 is 2.35 bits per heavy atom. The van der Waals surface area contributed by atoms with E-state index >= 15 is 0 Å². The minimum atomic E-state index is -3.86. The summed E-state index contributed by atoms with van der Waals surface area (Å²) in [5.74, 6) is 0. The van der Waals surface area contributed by atoms with Crippen LogP contribution in [0.4, 0.5) is 0 Å². The molecule has 3 nitrogen and oxygen atoms in total. The number of hydrogen-bond acceptors (Lipinski definition) is 3. The molecule has 1 aromatic heterocycles. The van der Waals surface area contributed by atoms with E-state index in [0.29, 0.717) is 5.69 Å². The minimum absolute atomic E-state index is 0.0136. The van der Waals surface area contributed by atoms with Gasteiger partial charge >= 0.3 is 0 Å². The lowest BCUT2D eigenvalue weighted by Gasteiger charge is -2.04. The molecule has 0 aliphatic rings. The third kappa shape index (κ3) is 2.77. The molecule has 0 radical (unpaired) electrons. The SMILES string of the molecule is O=S(=O)(Cl)c1cc(-c2ccccc2)ncc1Cl. The maximum Gasteiger partial charge on any atom is 0.262 e. The first-order chi connectivity index (χ1) is 7.98. The van der Waals surface area contributed by atoms with Crippen molar-refractivity contribution in [3.8, 4) is 11.3 Å². The van der Waals surface area contributed by atoms with Crippen LogP contribution in [0, 0.1) is 0 Å². The van der Waals surface area contributed by atoms with Crippen LogP contribution in [0.5, 0.6) is 0 Å². The van der Waals surface area contributed by atoms with Gasteiger partial charge in [-0.1, -0.05) is 41.9 Å². The van der Waals surface area contributed by atoms with E-state index in [4.69, 9.17) is 22.3 Å². The molecule has 0 N–H and O–H groups in total. The fourth-order valence-corrected chi connectivity index (χ4v) is 2.82. The zero-order valence-electron chi connectivity index (χ0n) is 8.47. The number of halogens is 2. The molecule has 0 aliphatic carbocycles. The molecule has 17 heavy (non-hydrogen) atoms. The molecule has 6 heteroatoms. The highest BCUT2D eigenvalue weighted by molar-refractivity contribution is 8.13. The summed E-state index contributed by atoms with van der Waals surface area (Å²) in [4.78, 5) is 3.94. The van der Waals surface area contributed by atoms with Crippen molar-refractivity contribution in [2.24, 2.45) is 0 Å². The highest BCUT2D eigenvalue weighted by Gasteiger charge is 2.16. The molecule has 1 aromatic carbocycles. The van der Waals surface area contributed by atoms with Crippen LogP contribution in [0.1, 0.15) is 0 Å². The Balaban J connectivity index is 2.61. The van der Waals surface area contributed by atoms with E-state index in [2.05, 4.69) is 4.98 Å². The van der Waals surface area contributed by atoms with E-state index in [9.17, 15) is 8.42 Å². The van der Waals surface area contributed by atoms with E-state index in [1.165, 1.54) is 12.3 Å². The van der Waals surface area contributed by atoms with Crippen molar-refractivity contribution < 1.29 is 8.42 Å². The predicted octanol–water partition coefficient (Wildman–Crippen LogP) is 3.33.